The van der Waals surface area contributed by atoms with E-state index in [1.54, 1.807) is 47.0 Å². The number of carbonyl (C=O) groups is 2. The van der Waals surface area contributed by atoms with Crippen LogP contribution in [0.5, 0.6) is 0 Å². The second-order valence-corrected chi connectivity index (χ2v) is 7.64. The van der Waals surface area contributed by atoms with Crippen molar-refractivity contribution < 1.29 is 14.0 Å². The number of halogens is 2. The lowest BCUT2D eigenvalue weighted by Gasteiger charge is -2.32. The van der Waals surface area contributed by atoms with Crippen molar-refractivity contribution >= 4 is 34.3 Å². The summed E-state index contributed by atoms with van der Waals surface area (Å²) < 4.78 is 15.3. The SMILES string of the molecule is Cn1nc(C(=O)N2CCCC(NC(=O)c3ccc(Cl)cc3)C2)c2cc(F)ccc21. The summed E-state index contributed by atoms with van der Waals surface area (Å²) in [5.41, 5.74) is 1.44. The van der Waals surface area contributed by atoms with E-state index in [2.05, 4.69) is 10.4 Å². The average molecular weight is 415 g/mol. The van der Waals surface area contributed by atoms with Crippen molar-refractivity contribution in [1.82, 2.24) is 20.0 Å². The van der Waals surface area contributed by atoms with Crippen LogP contribution in [0.2, 0.25) is 5.02 Å². The van der Waals surface area contributed by atoms with Gasteiger partial charge in [0.15, 0.2) is 5.69 Å². The Morgan fingerprint density at radius 2 is 1.97 bits per heavy atom. The van der Waals surface area contributed by atoms with Crippen molar-refractivity contribution in [3.8, 4) is 0 Å². The number of nitrogens with one attached hydrogen (secondary N) is 1. The monoisotopic (exact) mass is 414 g/mol. The molecule has 2 heterocycles. The number of hydrogen-bond acceptors (Lipinski definition) is 3. The summed E-state index contributed by atoms with van der Waals surface area (Å²) in [6, 6.07) is 10.8. The first-order valence-electron chi connectivity index (χ1n) is 9.40. The summed E-state index contributed by atoms with van der Waals surface area (Å²) in [6.45, 7) is 0.949. The molecule has 4 rings (SSSR count). The van der Waals surface area contributed by atoms with Crippen molar-refractivity contribution in [1.29, 1.82) is 0 Å². The molecule has 1 saturated heterocycles. The van der Waals surface area contributed by atoms with Crippen LogP contribution in [-0.2, 0) is 7.05 Å². The topological polar surface area (TPSA) is 67.2 Å². The summed E-state index contributed by atoms with van der Waals surface area (Å²) in [5, 5.41) is 8.34. The van der Waals surface area contributed by atoms with Gasteiger partial charge >= 0.3 is 0 Å². The highest BCUT2D eigenvalue weighted by Gasteiger charge is 2.28. The Kier molecular flexibility index (Phi) is 5.24. The minimum absolute atomic E-state index is 0.164. The molecule has 1 aromatic heterocycles. The summed E-state index contributed by atoms with van der Waals surface area (Å²) in [5.74, 6) is -0.871. The maximum absolute atomic E-state index is 13.7. The third kappa shape index (κ3) is 3.96. The number of aryl methyl sites for hydroxylation is 1. The van der Waals surface area contributed by atoms with Gasteiger partial charge in [-0.1, -0.05) is 11.6 Å². The average Bonchev–Trinajstić information content (AvgIpc) is 3.03. The number of carbonyl (C=O) groups excluding carboxylic acids is 2. The molecule has 1 fully saturated rings. The van der Waals surface area contributed by atoms with Gasteiger partial charge in [0, 0.05) is 42.2 Å². The summed E-state index contributed by atoms with van der Waals surface area (Å²) in [4.78, 5) is 27.2. The fourth-order valence-electron chi connectivity index (χ4n) is 3.70. The minimum atomic E-state index is -0.411. The normalized spacial score (nSPS) is 16.8. The molecule has 2 aromatic carbocycles. The zero-order valence-corrected chi connectivity index (χ0v) is 16.6. The maximum atomic E-state index is 13.7. The molecule has 0 bridgehead atoms. The van der Waals surface area contributed by atoms with Crippen molar-refractivity contribution in [3.63, 3.8) is 0 Å². The molecule has 6 nitrogen and oxygen atoms in total. The van der Waals surface area contributed by atoms with E-state index in [1.165, 1.54) is 12.1 Å². The smallest absolute Gasteiger partial charge is 0.275 e. The number of fused-ring (bicyclic) bond motifs is 1. The first-order valence-corrected chi connectivity index (χ1v) is 9.78. The molecule has 0 spiro atoms. The molecule has 1 aliphatic rings. The number of hydrogen-bond donors (Lipinski definition) is 1. The molecule has 0 aliphatic carbocycles. The van der Waals surface area contributed by atoms with Crippen LogP contribution >= 0.6 is 11.6 Å². The van der Waals surface area contributed by atoms with Crippen molar-refractivity contribution in [2.75, 3.05) is 13.1 Å². The highest BCUT2D eigenvalue weighted by Crippen LogP contribution is 2.22. The largest absolute Gasteiger partial charge is 0.348 e. The lowest BCUT2D eigenvalue weighted by Crippen LogP contribution is -2.49. The quantitative estimate of drug-likeness (QED) is 0.714. The van der Waals surface area contributed by atoms with Crippen LogP contribution in [0.25, 0.3) is 10.9 Å². The Hall–Kier alpha value is -2.93. The molecule has 1 aliphatic heterocycles. The summed E-state index contributed by atoms with van der Waals surface area (Å²) in [6.07, 6.45) is 1.54. The van der Waals surface area contributed by atoms with Crippen LogP contribution in [0.15, 0.2) is 42.5 Å². The Balaban J connectivity index is 1.50. The molecule has 3 aromatic rings. The second-order valence-electron chi connectivity index (χ2n) is 7.20. The summed E-state index contributed by atoms with van der Waals surface area (Å²) >= 11 is 5.87. The van der Waals surface area contributed by atoms with Crippen LogP contribution in [0.1, 0.15) is 33.7 Å². The number of rotatable bonds is 3. The van der Waals surface area contributed by atoms with E-state index in [0.29, 0.717) is 34.6 Å². The fraction of sp³-hybridized carbons (Fsp3) is 0.286. The predicted octanol–water partition coefficient (Wildman–Crippen LogP) is 3.40. The molecule has 150 valence electrons. The van der Waals surface area contributed by atoms with E-state index in [0.717, 1.165) is 12.8 Å². The Labute approximate surface area is 172 Å². The van der Waals surface area contributed by atoms with Gasteiger partial charge in [-0.05, 0) is 55.3 Å². The van der Waals surface area contributed by atoms with Gasteiger partial charge in [0.25, 0.3) is 11.8 Å². The van der Waals surface area contributed by atoms with Crippen molar-refractivity contribution in [2.24, 2.45) is 7.05 Å². The van der Waals surface area contributed by atoms with Crippen LogP contribution < -0.4 is 5.32 Å². The molecule has 1 atom stereocenters. The molecule has 0 saturated carbocycles. The van der Waals surface area contributed by atoms with Gasteiger partial charge in [-0.15, -0.1) is 0 Å². The number of aromatic nitrogens is 2. The highest BCUT2D eigenvalue weighted by molar-refractivity contribution is 6.30. The molecule has 1 N–H and O–H groups in total. The van der Waals surface area contributed by atoms with E-state index in [9.17, 15) is 14.0 Å². The Morgan fingerprint density at radius 3 is 2.72 bits per heavy atom. The molecule has 2 amide bonds. The van der Waals surface area contributed by atoms with Crippen LogP contribution in [0.4, 0.5) is 4.39 Å². The van der Waals surface area contributed by atoms with E-state index in [-0.39, 0.29) is 23.6 Å². The first kappa shape index (κ1) is 19.4. The highest BCUT2D eigenvalue weighted by atomic mass is 35.5. The van der Waals surface area contributed by atoms with E-state index in [1.807, 2.05) is 0 Å². The maximum Gasteiger partial charge on any atom is 0.275 e. The lowest BCUT2D eigenvalue weighted by atomic mass is 10.0. The fourth-order valence-corrected chi connectivity index (χ4v) is 3.82. The van der Waals surface area contributed by atoms with Gasteiger partial charge in [0.2, 0.25) is 0 Å². The van der Waals surface area contributed by atoms with Gasteiger partial charge in [-0.25, -0.2) is 4.39 Å². The number of likely N-dealkylation sites (tertiary alicyclic amines) is 1. The van der Waals surface area contributed by atoms with Gasteiger partial charge in [-0.2, -0.15) is 5.10 Å². The van der Waals surface area contributed by atoms with Crippen molar-refractivity contribution in [3.05, 3.63) is 64.6 Å². The van der Waals surface area contributed by atoms with Gasteiger partial charge in [-0.3, -0.25) is 14.3 Å². The van der Waals surface area contributed by atoms with Gasteiger partial charge in [0.1, 0.15) is 5.82 Å². The second kappa shape index (κ2) is 7.83. The lowest BCUT2D eigenvalue weighted by molar-refractivity contribution is 0.0671. The van der Waals surface area contributed by atoms with Crippen LogP contribution in [0, 0.1) is 5.82 Å². The van der Waals surface area contributed by atoms with Crippen molar-refractivity contribution in [2.45, 2.75) is 18.9 Å². The van der Waals surface area contributed by atoms with Gasteiger partial charge < -0.3 is 10.2 Å². The standard InChI is InChI=1S/C21H20ClFN4O2/c1-26-18-9-8-15(23)11-17(18)19(25-26)21(29)27-10-2-3-16(12-27)24-20(28)13-4-6-14(22)7-5-13/h4-9,11,16H,2-3,10,12H2,1H3,(H,24,28). The number of amides is 2. The molecule has 29 heavy (non-hydrogen) atoms. The molecule has 1 unspecified atom stereocenters. The summed E-state index contributed by atoms with van der Waals surface area (Å²) in [7, 11) is 1.72. The number of nitrogens with zero attached hydrogens (tertiary/aromatic N) is 3. The third-order valence-corrected chi connectivity index (χ3v) is 5.42. The number of benzene rings is 2. The minimum Gasteiger partial charge on any atom is -0.348 e. The van der Waals surface area contributed by atoms with Crippen LogP contribution in [0.3, 0.4) is 0 Å². The molecule has 0 radical (unpaired) electrons. The van der Waals surface area contributed by atoms with Crippen LogP contribution in [-0.4, -0.2) is 45.6 Å². The van der Waals surface area contributed by atoms with Gasteiger partial charge in [0.05, 0.1) is 5.52 Å². The zero-order valence-electron chi connectivity index (χ0n) is 15.9. The number of piperidine rings is 1. The zero-order chi connectivity index (χ0) is 20.5. The predicted molar refractivity (Wildman–Crippen MR) is 109 cm³/mol. The molecular formula is C21H20ClFN4O2. The Bertz CT molecular complexity index is 1080. The Morgan fingerprint density at radius 1 is 1.21 bits per heavy atom. The van der Waals surface area contributed by atoms with E-state index in [4.69, 9.17) is 11.6 Å². The molecular weight excluding hydrogens is 395 g/mol. The first-order chi connectivity index (χ1) is 13.9. The van der Waals surface area contributed by atoms with E-state index >= 15 is 0 Å². The van der Waals surface area contributed by atoms with E-state index < -0.39 is 5.82 Å². The third-order valence-electron chi connectivity index (χ3n) is 5.17. The molecule has 8 heteroatoms.